The second-order valence-corrected chi connectivity index (χ2v) is 8.86. The van der Waals surface area contributed by atoms with E-state index in [1.165, 1.54) is 31.2 Å². The summed E-state index contributed by atoms with van der Waals surface area (Å²) in [5, 5.41) is 14.9. The molecule has 27 heavy (non-hydrogen) atoms. The van der Waals surface area contributed by atoms with Gasteiger partial charge in [-0.25, -0.2) is 0 Å². The summed E-state index contributed by atoms with van der Waals surface area (Å²) in [5.41, 5.74) is 1.44. The Kier molecular flexibility index (Phi) is 4.26. The first kappa shape index (κ1) is 17.6. The van der Waals surface area contributed by atoms with Gasteiger partial charge in [-0.3, -0.25) is 9.69 Å². The van der Waals surface area contributed by atoms with Crippen molar-refractivity contribution in [2.75, 3.05) is 13.1 Å². The molecule has 7 atom stereocenters. The van der Waals surface area contributed by atoms with Crippen molar-refractivity contribution in [1.29, 1.82) is 0 Å². The predicted molar refractivity (Wildman–Crippen MR) is 106 cm³/mol. The van der Waals surface area contributed by atoms with Crippen molar-refractivity contribution in [2.45, 2.75) is 56.3 Å². The van der Waals surface area contributed by atoms with E-state index in [2.05, 4.69) is 41.4 Å². The van der Waals surface area contributed by atoms with Crippen molar-refractivity contribution in [1.82, 2.24) is 10.2 Å². The number of carbonyl (C=O) groups excluding carboxylic acids is 1. The molecule has 3 fully saturated rings. The van der Waals surface area contributed by atoms with Gasteiger partial charge >= 0.3 is 0 Å². The molecule has 1 aromatic carbocycles. The number of hydrogen-bond acceptors (Lipinski definition) is 4. The van der Waals surface area contributed by atoms with Crippen LogP contribution in [0, 0.1) is 17.8 Å². The van der Waals surface area contributed by atoms with Gasteiger partial charge in [0.25, 0.3) is 0 Å². The van der Waals surface area contributed by atoms with Crippen LogP contribution in [-0.2, 0) is 0 Å². The standard InChI is InChI=1S/C23H30N2O2/c1-2-24-13-19-18-11-12-20-23(19,27)25(20)22(18)21(16-5-3-4-6-16)17-9-7-15(14-26)8-10-17/h7-12,14,16,18-22,24,27H,2-6,13H2,1H3/t18-,19+,20+,21-,22-,23+,25?/m1/s1. The average molecular weight is 367 g/mol. The van der Waals surface area contributed by atoms with Gasteiger partial charge in [-0.2, -0.15) is 0 Å². The van der Waals surface area contributed by atoms with Crippen molar-refractivity contribution in [2.24, 2.45) is 17.8 Å². The summed E-state index contributed by atoms with van der Waals surface area (Å²) >= 11 is 0. The summed E-state index contributed by atoms with van der Waals surface area (Å²) in [4.78, 5) is 13.5. The van der Waals surface area contributed by atoms with Crippen LogP contribution >= 0.6 is 0 Å². The summed E-state index contributed by atoms with van der Waals surface area (Å²) in [6, 6.07) is 8.79. The highest BCUT2D eigenvalue weighted by Gasteiger charge is 2.77. The lowest BCUT2D eigenvalue weighted by molar-refractivity contribution is 0.0523. The number of carbonyl (C=O) groups is 1. The first-order valence-corrected chi connectivity index (χ1v) is 10.6. The Balaban J connectivity index is 1.51. The fourth-order valence-corrected chi connectivity index (χ4v) is 6.46. The quantitative estimate of drug-likeness (QED) is 0.443. The molecule has 2 saturated heterocycles. The van der Waals surface area contributed by atoms with Crippen molar-refractivity contribution < 1.29 is 9.90 Å². The number of hydrogen-bond donors (Lipinski definition) is 2. The Labute approximate surface area is 161 Å². The van der Waals surface area contributed by atoms with Crippen molar-refractivity contribution in [3.05, 3.63) is 47.5 Å². The van der Waals surface area contributed by atoms with Crippen LogP contribution in [0.4, 0.5) is 0 Å². The van der Waals surface area contributed by atoms with Crippen LogP contribution in [0.2, 0.25) is 0 Å². The zero-order valence-corrected chi connectivity index (χ0v) is 16.1. The van der Waals surface area contributed by atoms with Crippen LogP contribution in [0.25, 0.3) is 0 Å². The molecule has 3 aliphatic heterocycles. The van der Waals surface area contributed by atoms with E-state index in [-0.39, 0.29) is 12.0 Å². The van der Waals surface area contributed by atoms with Crippen LogP contribution < -0.4 is 5.32 Å². The molecule has 0 spiro atoms. The highest BCUT2D eigenvalue weighted by molar-refractivity contribution is 5.74. The maximum atomic E-state index is 11.4. The molecule has 4 bridgehead atoms. The Bertz CT molecular complexity index is 739. The smallest absolute Gasteiger partial charge is 0.150 e. The van der Waals surface area contributed by atoms with Crippen molar-refractivity contribution >= 4 is 6.29 Å². The molecule has 3 heterocycles. The van der Waals surface area contributed by atoms with Crippen LogP contribution in [0.3, 0.4) is 0 Å². The van der Waals surface area contributed by atoms with E-state index < -0.39 is 5.72 Å². The number of benzene rings is 1. The van der Waals surface area contributed by atoms with Crippen LogP contribution in [0.15, 0.2) is 36.4 Å². The lowest BCUT2D eigenvalue weighted by atomic mass is 9.69. The monoisotopic (exact) mass is 366 g/mol. The van der Waals surface area contributed by atoms with Gasteiger partial charge in [0, 0.05) is 35.9 Å². The molecule has 5 aliphatic rings. The van der Waals surface area contributed by atoms with Crippen LogP contribution in [0.5, 0.6) is 0 Å². The fraction of sp³-hybridized carbons (Fsp3) is 0.609. The Hall–Kier alpha value is -1.49. The molecule has 0 amide bonds. The predicted octanol–water partition coefficient (Wildman–Crippen LogP) is 2.94. The zero-order valence-electron chi connectivity index (χ0n) is 16.1. The second kappa shape index (κ2) is 6.54. The minimum atomic E-state index is -0.647. The van der Waals surface area contributed by atoms with Gasteiger partial charge in [0.05, 0.1) is 6.04 Å². The highest BCUT2D eigenvalue weighted by atomic mass is 16.3. The summed E-state index contributed by atoms with van der Waals surface area (Å²) in [6.45, 7) is 3.95. The highest BCUT2D eigenvalue weighted by Crippen LogP contribution is 2.65. The molecule has 1 unspecified atom stereocenters. The van der Waals surface area contributed by atoms with Gasteiger partial charge in [-0.15, -0.1) is 0 Å². The Morgan fingerprint density at radius 2 is 2.00 bits per heavy atom. The molecule has 0 radical (unpaired) electrons. The minimum Gasteiger partial charge on any atom is -0.373 e. The molecule has 4 heteroatoms. The largest absolute Gasteiger partial charge is 0.373 e. The molecule has 144 valence electrons. The van der Waals surface area contributed by atoms with Crippen LogP contribution in [0.1, 0.15) is 54.4 Å². The minimum absolute atomic E-state index is 0.189. The number of nitrogens with one attached hydrogen (secondary N) is 1. The summed E-state index contributed by atoms with van der Waals surface area (Å²) in [7, 11) is 0. The first-order chi connectivity index (χ1) is 13.2. The third-order valence-electron chi connectivity index (χ3n) is 7.67. The molecule has 0 aromatic heterocycles. The van der Waals surface area contributed by atoms with Crippen LogP contribution in [-0.4, -0.2) is 47.2 Å². The van der Waals surface area contributed by atoms with E-state index in [9.17, 15) is 9.90 Å². The normalized spacial score (nSPS) is 40.3. The van der Waals surface area contributed by atoms with Gasteiger partial charge in [-0.1, -0.05) is 56.2 Å². The van der Waals surface area contributed by atoms with Gasteiger partial charge in [0.15, 0.2) is 0 Å². The second-order valence-electron chi connectivity index (χ2n) is 8.86. The lowest BCUT2D eigenvalue weighted by Gasteiger charge is -2.39. The zero-order chi connectivity index (χ0) is 18.6. The number of piperidine rings is 1. The number of rotatable bonds is 7. The SMILES string of the molecule is CCNC[C@H]1[C@H]2C=C[C@@H]3N([C@H]2[C@@H](c2ccc(C=O)cc2)C2CCCC2)[C@@]31O. The molecule has 6 rings (SSSR count). The van der Waals surface area contributed by atoms with E-state index in [4.69, 9.17) is 0 Å². The van der Waals surface area contributed by atoms with E-state index in [1.54, 1.807) is 0 Å². The topological polar surface area (TPSA) is 52.3 Å². The van der Waals surface area contributed by atoms with Gasteiger partial charge < -0.3 is 10.4 Å². The maximum absolute atomic E-state index is 11.4. The lowest BCUT2D eigenvalue weighted by Crippen LogP contribution is -2.44. The van der Waals surface area contributed by atoms with Crippen molar-refractivity contribution in [3.63, 3.8) is 0 Å². The molecular formula is C23H30N2O2. The molecule has 2 N–H and O–H groups in total. The third-order valence-corrected chi connectivity index (χ3v) is 7.67. The van der Waals surface area contributed by atoms with Gasteiger partial charge in [-0.05, 0) is 30.9 Å². The molecule has 1 aromatic rings. The van der Waals surface area contributed by atoms with E-state index >= 15 is 0 Å². The average Bonchev–Trinajstić information content (AvgIpc) is 3.00. The molecule has 4 nitrogen and oxygen atoms in total. The summed E-state index contributed by atoms with van der Waals surface area (Å²) < 4.78 is 0. The van der Waals surface area contributed by atoms with E-state index in [0.717, 1.165) is 24.9 Å². The maximum Gasteiger partial charge on any atom is 0.150 e. The summed E-state index contributed by atoms with van der Waals surface area (Å²) in [5.74, 6) is 1.78. The van der Waals surface area contributed by atoms with Gasteiger partial charge in [0.1, 0.15) is 12.0 Å². The van der Waals surface area contributed by atoms with Crippen molar-refractivity contribution in [3.8, 4) is 0 Å². The Morgan fingerprint density at radius 3 is 2.67 bits per heavy atom. The molecule has 1 saturated carbocycles. The van der Waals surface area contributed by atoms with E-state index in [1.807, 2.05) is 12.1 Å². The number of aldehydes is 1. The fourth-order valence-electron chi connectivity index (χ4n) is 6.46. The number of nitrogens with zero attached hydrogens (tertiary/aromatic N) is 1. The molecular weight excluding hydrogens is 336 g/mol. The number of aliphatic hydroxyl groups is 1. The third kappa shape index (κ3) is 2.50. The molecule has 2 aliphatic carbocycles. The first-order valence-electron chi connectivity index (χ1n) is 10.6. The van der Waals surface area contributed by atoms with E-state index in [0.29, 0.717) is 23.8 Å². The Morgan fingerprint density at radius 1 is 1.26 bits per heavy atom. The summed E-state index contributed by atoms with van der Waals surface area (Å²) in [6.07, 6.45) is 10.7. The van der Waals surface area contributed by atoms with Gasteiger partial charge in [0.2, 0.25) is 0 Å².